The third-order valence-corrected chi connectivity index (χ3v) is 3.60. The highest BCUT2D eigenvalue weighted by Gasteiger charge is 2.04. The van der Waals surface area contributed by atoms with Crippen LogP contribution in [0.25, 0.3) is 0 Å². The SMILES string of the molecule is COc1ccc(CC(=O)NN=Cc2cc(Br)ccc2OC)cc1. The Bertz CT molecular complexity index is 699. The molecule has 1 amide bonds. The molecule has 0 aliphatic carbocycles. The van der Waals surface area contributed by atoms with Crippen molar-refractivity contribution in [3.05, 3.63) is 58.1 Å². The summed E-state index contributed by atoms with van der Waals surface area (Å²) in [6, 6.07) is 12.9. The van der Waals surface area contributed by atoms with Crippen LogP contribution in [0.2, 0.25) is 0 Å². The van der Waals surface area contributed by atoms with Gasteiger partial charge in [-0.1, -0.05) is 28.1 Å². The van der Waals surface area contributed by atoms with Gasteiger partial charge < -0.3 is 9.47 Å². The third-order valence-electron chi connectivity index (χ3n) is 3.11. The highest BCUT2D eigenvalue weighted by atomic mass is 79.9. The molecular formula is C17H17BrN2O3. The Labute approximate surface area is 143 Å². The Morgan fingerprint density at radius 2 is 1.91 bits per heavy atom. The predicted octanol–water partition coefficient (Wildman–Crippen LogP) is 3.16. The van der Waals surface area contributed by atoms with Gasteiger partial charge in [-0.15, -0.1) is 0 Å². The fourth-order valence-electron chi connectivity index (χ4n) is 1.95. The number of methoxy groups -OCH3 is 2. The summed E-state index contributed by atoms with van der Waals surface area (Å²) in [6.45, 7) is 0. The van der Waals surface area contributed by atoms with Crippen molar-refractivity contribution in [2.75, 3.05) is 14.2 Å². The van der Waals surface area contributed by atoms with E-state index in [2.05, 4.69) is 26.5 Å². The van der Waals surface area contributed by atoms with Gasteiger partial charge in [0.15, 0.2) is 0 Å². The van der Waals surface area contributed by atoms with Gasteiger partial charge in [0.25, 0.3) is 0 Å². The van der Waals surface area contributed by atoms with E-state index >= 15 is 0 Å². The normalized spacial score (nSPS) is 10.6. The molecule has 0 aliphatic heterocycles. The Morgan fingerprint density at radius 3 is 2.57 bits per heavy atom. The molecule has 0 fully saturated rings. The highest BCUT2D eigenvalue weighted by molar-refractivity contribution is 9.10. The van der Waals surface area contributed by atoms with Gasteiger partial charge in [-0.25, -0.2) is 5.43 Å². The van der Waals surface area contributed by atoms with E-state index in [1.54, 1.807) is 20.4 Å². The molecule has 0 spiro atoms. The largest absolute Gasteiger partial charge is 0.497 e. The number of amides is 1. The smallest absolute Gasteiger partial charge is 0.244 e. The fraction of sp³-hybridized carbons (Fsp3) is 0.176. The van der Waals surface area contributed by atoms with Gasteiger partial charge in [-0.05, 0) is 35.9 Å². The molecule has 0 heterocycles. The van der Waals surface area contributed by atoms with Crippen LogP contribution in [0.5, 0.6) is 11.5 Å². The maximum atomic E-state index is 11.9. The zero-order chi connectivity index (χ0) is 16.7. The lowest BCUT2D eigenvalue weighted by Crippen LogP contribution is -2.19. The van der Waals surface area contributed by atoms with Crippen LogP contribution in [0, 0.1) is 0 Å². The first-order valence-corrected chi connectivity index (χ1v) is 7.70. The van der Waals surface area contributed by atoms with E-state index in [0.717, 1.165) is 21.3 Å². The molecule has 2 aromatic rings. The van der Waals surface area contributed by atoms with Gasteiger partial charge in [0.2, 0.25) is 5.91 Å². The number of carbonyl (C=O) groups is 1. The second-order valence-corrected chi connectivity index (χ2v) is 5.62. The van der Waals surface area contributed by atoms with Gasteiger partial charge in [-0.2, -0.15) is 5.10 Å². The molecule has 0 radical (unpaired) electrons. The first-order valence-electron chi connectivity index (χ1n) is 6.90. The second kappa shape index (κ2) is 8.33. The lowest BCUT2D eigenvalue weighted by Gasteiger charge is -2.05. The van der Waals surface area contributed by atoms with Gasteiger partial charge in [-0.3, -0.25) is 4.79 Å². The molecule has 2 aromatic carbocycles. The van der Waals surface area contributed by atoms with E-state index in [0.29, 0.717) is 5.75 Å². The van der Waals surface area contributed by atoms with E-state index in [4.69, 9.17) is 9.47 Å². The van der Waals surface area contributed by atoms with E-state index < -0.39 is 0 Å². The summed E-state index contributed by atoms with van der Waals surface area (Å²) >= 11 is 3.39. The molecule has 5 nitrogen and oxygen atoms in total. The summed E-state index contributed by atoms with van der Waals surface area (Å²) < 4.78 is 11.2. The molecule has 0 unspecified atom stereocenters. The number of hydrogen-bond donors (Lipinski definition) is 1. The number of carbonyl (C=O) groups excluding carboxylic acids is 1. The number of hydrogen-bond acceptors (Lipinski definition) is 4. The standard InChI is InChI=1S/C17H17BrN2O3/c1-22-15-6-3-12(4-7-15)9-17(21)20-19-11-13-10-14(18)5-8-16(13)23-2/h3-8,10-11H,9H2,1-2H3,(H,20,21). The van der Waals surface area contributed by atoms with Crippen LogP contribution in [0.1, 0.15) is 11.1 Å². The molecule has 120 valence electrons. The zero-order valence-electron chi connectivity index (χ0n) is 12.9. The molecule has 23 heavy (non-hydrogen) atoms. The zero-order valence-corrected chi connectivity index (χ0v) is 14.5. The van der Waals surface area contributed by atoms with Gasteiger partial charge in [0, 0.05) is 10.0 Å². The maximum absolute atomic E-state index is 11.9. The Balaban J connectivity index is 1.94. The van der Waals surface area contributed by atoms with Crippen molar-refractivity contribution >= 4 is 28.1 Å². The first kappa shape index (κ1) is 17.0. The van der Waals surface area contributed by atoms with Crippen molar-refractivity contribution in [3.8, 4) is 11.5 Å². The predicted molar refractivity (Wildman–Crippen MR) is 93.1 cm³/mol. The molecule has 1 N–H and O–H groups in total. The van der Waals surface area contributed by atoms with E-state index in [1.807, 2.05) is 42.5 Å². The number of nitrogens with one attached hydrogen (secondary N) is 1. The van der Waals surface area contributed by atoms with Crippen molar-refractivity contribution < 1.29 is 14.3 Å². The molecule has 0 bridgehead atoms. The number of ether oxygens (including phenoxy) is 2. The third kappa shape index (κ3) is 5.10. The molecule has 0 aliphatic rings. The van der Waals surface area contributed by atoms with Crippen molar-refractivity contribution in [1.29, 1.82) is 0 Å². The lowest BCUT2D eigenvalue weighted by molar-refractivity contribution is -0.120. The molecule has 6 heteroatoms. The number of halogens is 1. The van der Waals surface area contributed by atoms with Gasteiger partial charge >= 0.3 is 0 Å². The van der Waals surface area contributed by atoms with Crippen LogP contribution in [0.15, 0.2) is 52.0 Å². The van der Waals surface area contributed by atoms with Crippen LogP contribution in [0.3, 0.4) is 0 Å². The van der Waals surface area contributed by atoms with Crippen LogP contribution >= 0.6 is 15.9 Å². The second-order valence-electron chi connectivity index (χ2n) is 4.70. The van der Waals surface area contributed by atoms with E-state index in [1.165, 1.54) is 0 Å². The minimum Gasteiger partial charge on any atom is -0.497 e. The van der Waals surface area contributed by atoms with Gasteiger partial charge in [0.05, 0.1) is 26.9 Å². The lowest BCUT2D eigenvalue weighted by atomic mass is 10.1. The van der Waals surface area contributed by atoms with Crippen molar-refractivity contribution in [3.63, 3.8) is 0 Å². The minimum absolute atomic E-state index is 0.194. The van der Waals surface area contributed by atoms with Crippen LogP contribution < -0.4 is 14.9 Å². The molecule has 2 rings (SSSR count). The summed E-state index contributed by atoms with van der Waals surface area (Å²) in [4.78, 5) is 11.9. The maximum Gasteiger partial charge on any atom is 0.244 e. The first-order chi connectivity index (χ1) is 11.1. The van der Waals surface area contributed by atoms with Crippen molar-refractivity contribution in [2.45, 2.75) is 6.42 Å². The summed E-state index contributed by atoms with van der Waals surface area (Å²) in [7, 11) is 3.19. The molecular weight excluding hydrogens is 360 g/mol. The Morgan fingerprint density at radius 1 is 1.17 bits per heavy atom. The molecule has 0 saturated carbocycles. The monoisotopic (exact) mass is 376 g/mol. The average molecular weight is 377 g/mol. The Hall–Kier alpha value is -2.34. The quantitative estimate of drug-likeness (QED) is 0.622. The summed E-state index contributed by atoms with van der Waals surface area (Å²) in [5, 5.41) is 3.97. The molecule has 0 aromatic heterocycles. The van der Waals surface area contributed by atoms with Crippen molar-refractivity contribution in [1.82, 2.24) is 5.43 Å². The molecule has 0 atom stereocenters. The fourth-order valence-corrected chi connectivity index (χ4v) is 2.33. The number of nitrogens with zero attached hydrogens (tertiary/aromatic N) is 1. The van der Waals surface area contributed by atoms with Crippen LogP contribution in [-0.2, 0) is 11.2 Å². The number of benzene rings is 2. The summed E-state index contributed by atoms with van der Waals surface area (Å²) in [5.74, 6) is 1.25. The number of hydrazone groups is 1. The highest BCUT2D eigenvalue weighted by Crippen LogP contribution is 2.21. The Kier molecular flexibility index (Phi) is 6.17. The summed E-state index contributed by atoms with van der Waals surface area (Å²) in [5.41, 5.74) is 4.16. The average Bonchev–Trinajstić information content (AvgIpc) is 2.56. The summed E-state index contributed by atoms with van der Waals surface area (Å²) in [6.07, 6.45) is 1.80. The van der Waals surface area contributed by atoms with E-state index in [9.17, 15) is 4.79 Å². The van der Waals surface area contributed by atoms with Crippen LogP contribution in [0.4, 0.5) is 0 Å². The van der Waals surface area contributed by atoms with Gasteiger partial charge in [0.1, 0.15) is 11.5 Å². The minimum atomic E-state index is -0.194. The van der Waals surface area contributed by atoms with E-state index in [-0.39, 0.29) is 12.3 Å². The van der Waals surface area contributed by atoms with Crippen molar-refractivity contribution in [2.24, 2.45) is 5.10 Å². The van der Waals surface area contributed by atoms with Crippen LogP contribution in [-0.4, -0.2) is 26.3 Å². The number of rotatable bonds is 6. The molecule has 0 saturated heterocycles. The topological polar surface area (TPSA) is 59.9 Å².